The molecule has 0 aliphatic carbocycles. The van der Waals surface area contributed by atoms with Crippen molar-refractivity contribution in [2.24, 2.45) is 5.73 Å². The molecule has 17 heavy (non-hydrogen) atoms. The lowest BCUT2D eigenvalue weighted by Gasteiger charge is -2.34. The van der Waals surface area contributed by atoms with Crippen molar-refractivity contribution >= 4 is 0 Å². The van der Waals surface area contributed by atoms with Crippen molar-refractivity contribution in [3.05, 3.63) is 29.8 Å². The number of hydrogen-bond acceptors (Lipinski definition) is 3. The summed E-state index contributed by atoms with van der Waals surface area (Å²) in [5, 5.41) is 0. The van der Waals surface area contributed by atoms with Crippen molar-refractivity contribution in [1.82, 2.24) is 0 Å². The summed E-state index contributed by atoms with van der Waals surface area (Å²) in [5.41, 5.74) is 7.38. The monoisotopic (exact) mass is 233 g/mol. The summed E-state index contributed by atoms with van der Waals surface area (Å²) in [6.45, 7) is 0.667. The van der Waals surface area contributed by atoms with Crippen LogP contribution in [0.4, 0.5) is 0 Å². The number of fused-ring (bicyclic) bond motifs is 2. The Bertz CT molecular complexity index is 403. The van der Waals surface area contributed by atoms with Gasteiger partial charge in [0.25, 0.3) is 0 Å². The molecule has 2 N–H and O–H groups in total. The van der Waals surface area contributed by atoms with Crippen LogP contribution < -0.4 is 10.5 Å². The summed E-state index contributed by atoms with van der Waals surface area (Å²) >= 11 is 0. The molecule has 3 atom stereocenters. The first-order chi connectivity index (χ1) is 8.28. The lowest BCUT2D eigenvalue weighted by molar-refractivity contribution is 0.0857. The quantitative estimate of drug-likeness (QED) is 0.866. The highest BCUT2D eigenvalue weighted by atomic mass is 16.5. The van der Waals surface area contributed by atoms with Crippen molar-refractivity contribution < 1.29 is 9.47 Å². The molecule has 0 saturated carbocycles. The lowest BCUT2D eigenvalue weighted by atomic mass is 9.69. The lowest BCUT2D eigenvalue weighted by Crippen LogP contribution is -2.43. The van der Waals surface area contributed by atoms with Crippen LogP contribution in [0.1, 0.15) is 24.8 Å². The normalized spacial score (nSPS) is 35.2. The Morgan fingerprint density at radius 1 is 1.35 bits per heavy atom. The average Bonchev–Trinajstić information content (AvgIpc) is 2.99. The van der Waals surface area contributed by atoms with Crippen LogP contribution in [0.25, 0.3) is 0 Å². The van der Waals surface area contributed by atoms with Crippen LogP contribution in [-0.2, 0) is 10.2 Å². The predicted octanol–water partition coefficient (Wildman–Crippen LogP) is 1.84. The van der Waals surface area contributed by atoms with Crippen molar-refractivity contribution in [3.8, 4) is 5.75 Å². The minimum atomic E-state index is 0.0369. The van der Waals surface area contributed by atoms with Crippen LogP contribution in [0.2, 0.25) is 0 Å². The zero-order valence-corrected chi connectivity index (χ0v) is 10.2. The first-order valence-electron chi connectivity index (χ1n) is 6.28. The van der Waals surface area contributed by atoms with Gasteiger partial charge in [0, 0.05) is 12.0 Å². The number of rotatable bonds is 3. The van der Waals surface area contributed by atoms with Gasteiger partial charge in [-0.1, -0.05) is 12.1 Å². The first kappa shape index (κ1) is 11.1. The highest BCUT2D eigenvalue weighted by Gasteiger charge is 2.52. The maximum atomic E-state index is 6.05. The van der Waals surface area contributed by atoms with Gasteiger partial charge in [0.1, 0.15) is 5.75 Å². The highest BCUT2D eigenvalue weighted by Crippen LogP contribution is 2.48. The van der Waals surface area contributed by atoms with E-state index in [2.05, 4.69) is 12.1 Å². The number of methoxy groups -OCH3 is 1. The molecule has 2 aliphatic heterocycles. The molecule has 1 aromatic rings. The number of benzene rings is 1. The average molecular weight is 233 g/mol. The second-order valence-corrected chi connectivity index (χ2v) is 5.12. The second-order valence-electron chi connectivity index (χ2n) is 5.12. The Hall–Kier alpha value is -1.06. The molecule has 92 valence electrons. The zero-order chi connectivity index (χ0) is 11.9. The molecule has 0 spiro atoms. The van der Waals surface area contributed by atoms with E-state index in [4.69, 9.17) is 15.2 Å². The van der Waals surface area contributed by atoms with Crippen LogP contribution in [0.15, 0.2) is 24.3 Å². The fraction of sp³-hybridized carbons (Fsp3) is 0.571. The highest BCUT2D eigenvalue weighted by molar-refractivity contribution is 5.35. The molecule has 0 radical (unpaired) electrons. The summed E-state index contributed by atoms with van der Waals surface area (Å²) in [6, 6.07) is 8.29. The van der Waals surface area contributed by atoms with Crippen LogP contribution in [0.5, 0.6) is 5.75 Å². The third-order valence-corrected chi connectivity index (χ3v) is 4.34. The summed E-state index contributed by atoms with van der Waals surface area (Å²) < 4.78 is 11.2. The maximum Gasteiger partial charge on any atom is 0.118 e. The van der Waals surface area contributed by atoms with E-state index in [1.807, 2.05) is 12.1 Å². The third-order valence-electron chi connectivity index (χ3n) is 4.34. The summed E-state index contributed by atoms with van der Waals surface area (Å²) in [5.74, 6) is 0.894. The van der Waals surface area contributed by atoms with Gasteiger partial charge in [0.2, 0.25) is 0 Å². The van der Waals surface area contributed by atoms with E-state index in [9.17, 15) is 0 Å². The zero-order valence-electron chi connectivity index (χ0n) is 10.2. The molecule has 2 aliphatic rings. The molecule has 2 heterocycles. The van der Waals surface area contributed by atoms with Gasteiger partial charge in [-0.05, 0) is 37.0 Å². The molecule has 1 aromatic carbocycles. The molecule has 2 saturated heterocycles. The van der Waals surface area contributed by atoms with E-state index in [1.54, 1.807) is 7.11 Å². The largest absolute Gasteiger partial charge is 0.497 e. The molecule has 3 nitrogen and oxygen atoms in total. The van der Waals surface area contributed by atoms with Gasteiger partial charge < -0.3 is 15.2 Å². The topological polar surface area (TPSA) is 44.5 Å². The minimum absolute atomic E-state index is 0.0369. The van der Waals surface area contributed by atoms with Crippen molar-refractivity contribution in [1.29, 1.82) is 0 Å². The summed E-state index contributed by atoms with van der Waals surface area (Å²) in [7, 11) is 1.69. The minimum Gasteiger partial charge on any atom is -0.497 e. The van der Waals surface area contributed by atoms with Crippen molar-refractivity contribution in [2.75, 3.05) is 13.7 Å². The Morgan fingerprint density at radius 3 is 2.59 bits per heavy atom. The Kier molecular flexibility index (Phi) is 2.60. The van der Waals surface area contributed by atoms with Gasteiger partial charge in [0.05, 0.1) is 19.3 Å². The smallest absolute Gasteiger partial charge is 0.118 e. The predicted molar refractivity (Wildman–Crippen MR) is 66.2 cm³/mol. The third kappa shape index (κ3) is 1.57. The van der Waals surface area contributed by atoms with Gasteiger partial charge in [0.15, 0.2) is 0 Å². The second kappa shape index (κ2) is 4.00. The molecule has 2 bridgehead atoms. The fourth-order valence-corrected chi connectivity index (χ4v) is 3.36. The van der Waals surface area contributed by atoms with E-state index >= 15 is 0 Å². The van der Waals surface area contributed by atoms with Gasteiger partial charge in [-0.25, -0.2) is 0 Å². The summed E-state index contributed by atoms with van der Waals surface area (Å²) in [4.78, 5) is 0. The standard InChI is InChI=1S/C14H19NO2/c1-16-11-4-2-10(3-5-11)14(9-15)8-12-6-7-13(14)17-12/h2-5,12-13H,6-9,15H2,1H3. The molecule has 2 fully saturated rings. The van der Waals surface area contributed by atoms with Crippen LogP contribution in [0.3, 0.4) is 0 Å². The number of ether oxygens (including phenoxy) is 2. The molecule has 0 aromatic heterocycles. The number of hydrogen-bond donors (Lipinski definition) is 1. The number of nitrogens with two attached hydrogens (primary N) is 1. The van der Waals surface area contributed by atoms with Crippen LogP contribution >= 0.6 is 0 Å². The Labute approximate surface area is 102 Å². The van der Waals surface area contributed by atoms with E-state index in [-0.39, 0.29) is 5.41 Å². The Morgan fingerprint density at radius 2 is 2.12 bits per heavy atom. The molecular formula is C14H19NO2. The molecule has 3 rings (SSSR count). The molecule has 0 amide bonds. The fourth-order valence-electron chi connectivity index (χ4n) is 3.36. The van der Waals surface area contributed by atoms with Crippen LogP contribution in [-0.4, -0.2) is 25.9 Å². The van der Waals surface area contributed by atoms with E-state index in [1.165, 1.54) is 12.0 Å². The Balaban J connectivity index is 1.94. The van der Waals surface area contributed by atoms with Gasteiger partial charge in [-0.3, -0.25) is 0 Å². The molecule has 3 heteroatoms. The molecule has 3 unspecified atom stereocenters. The van der Waals surface area contributed by atoms with E-state index in [0.717, 1.165) is 18.6 Å². The molecular weight excluding hydrogens is 214 g/mol. The van der Waals surface area contributed by atoms with Crippen molar-refractivity contribution in [2.45, 2.75) is 36.9 Å². The van der Waals surface area contributed by atoms with Crippen molar-refractivity contribution in [3.63, 3.8) is 0 Å². The van der Waals surface area contributed by atoms with Crippen LogP contribution in [0, 0.1) is 0 Å². The maximum absolute atomic E-state index is 6.05. The van der Waals surface area contributed by atoms with Gasteiger partial charge >= 0.3 is 0 Å². The van der Waals surface area contributed by atoms with E-state index in [0.29, 0.717) is 18.8 Å². The van der Waals surface area contributed by atoms with Gasteiger partial charge in [-0.15, -0.1) is 0 Å². The van der Waals surface area contributed by atoms with E-state index < -0.39 is 0 Å². The summed E-state index contributed by atoms with van der Waals surface area (Å²) in [6.07, 6.45) is 4.15. The SMILES string of the molecule is COc1ccc(C2(CN)CC3CCC2O3)cc1. The first-order valence-corrected chi connectivity index (χ1v) is 6.28. The van der Waals surface area contributed by atoms with Gasteiger partial charge in [-0.2, -0.15) is 0 Å².